The van der Waals surface area contributed by atoms with Gasteiger partial charge >= 0.3 is 0 Å². The Morgan fingerprint density at radius 3 is 3.15 bits per heavy atom. The van der Waals surface area contributed by atoms with Crippen molar-refractivity contribution < 1.29 is 9.47 Å². The highest BCUT2D eigenvalue weighted by Gasteiger charge is 2.22. The monoisotopic (exact) mass is 178 g/mol. The van der Waals surface area contributed by atoms with Gasteiger partial charge in [0, 0.05) is 13.5 Å². The number of rotatable bonds is 2. The molecule has 1 aromatic carbocycles. The van der Waals surface area contributed by atoms with Gasteiger partial charge in [-0.25, -0.2) is 0 Å². The van der Waals surface area contributed by atoms with Crippen molar-refractivity contribution in [3.05, 3.63) is 29.3 Å². The normalized spacial score (nSPS) is 19.7. The molecule has 1 aromatic rings. The van der Waals surface area contributed by atoms with Crippen LogP contribution in [0.1, 0.15) is 11.1 Å². The first-order chi connectivity index (χ1) is 6.29. The molecule has 0 spiro atoms. The maximum absolute atomic E-state index is 5.68. The van der Waals surface area contributed by atoms with Crippen LogP contribution in [0, 0.1) is 6.92 Å². The zero-order valence-corrected chi connectivity index (χ0v) is 8.04. The van der Waals surface area contributed by atoms with Crippen molar-refractivity contribution in [1.82, 2.24) is 0 Å². The lowest BCUT2D eigenvalue weighted by Crippen LogP contribution is -2.19. The van der Waals surface area contributed by atoms with Crippen molar-refractivity contribution in [2.24, 2.45) is 0 Å². The van der Waals surface area contributed by atoms with E-state index >= 15 is 0 Å². The van der Waals surface area contributed by atoms with Crippen molar-refractivity contribution >= 4 is 0 Å². The molecule has 0 radical (unpaired) electrons. The van der Waals surface area contributed by atoms with Gasteiger partial charge in [0.25, 0.3) is 0 Å². The molecule has 1 aliphatic heterocycles. The molecule has 2 heteroatoms. The number of benzene rings is 1. The standard InChI is InChI=1S/C11H14O2/c1-8-3-4-11-9(5-8)6-10(13-11)7-12-2/h3-5,10H,6-7H2,1-2H3. The van der Waals surface area contributed by atoms with Crippen LogP contribution in [0.3, 0.4) is 0 Å². The van der Waals surface area contributed by atoms with Crippen LogP contribution in [-0.2, 0) is 11.2 Å². The molecule has 13 heavy (non-hydrogen) atoms. The molecular weight excluding hydrogens is 164 g/mol. The second-order valence-corrected chi connectivity index (χ2v) is 3.51. The molecule has 1 unspecified atom stereocenters. The fourth-order valence-electron chi connectivity index (χ4n) is 1.73. The smallest absolute Gasteiger partial charge is 0.126 e. The number of ether oxygens (including phenoxy) is 2. The number of aryl methyl sites for hydroxylation is 1. The summed E-state index contributed by atoms with van der Waals surface area (Å²) < 4.78 is 10.7. The predicted molar refractivity (Wildman–Crippen MR) is 51.2 cm³/mol. The molecule has 2 nitrogen and oxygen atoms in total. The maximum atomic E-state index is 5.68. The minimum Gasteiger partial charge on any atom is -0.487 e. The third-order valence-corrected chi connectivity index (χ3v) is 2.31. The number of methoxy groups -OCH3 is 1. The second-order valence-electron chi connectivity index (χ2n) is 3.51. The van der Waals surface area contributed by atoms with Crippen LogP contribution in [-0.4, -0.2) is 19.8 Å². The molecular formula is C11H14O2. The quantitative estimate of drug-likeness (QED) is 0.689. The molecule has 0 fully saturated rings. The fourth-order valence-corrected chi connectivity index (χ4v) is 1.73. The molecule has 1 atom stereocenters. The van der Waals surface area contributed by atoms with Crippen LogP contribution < -0.4 is 4.74 Å². The van der Waals surface area contributed by atoms with Crippen molar-refractivity contribution in [3.63, 3.8) is 0 Å². The zero-order valence-electron chi connectivity index (χ0n) is 8.04. The lowest BCUT2D eigenvalue weighted by Gasteiger charge is -2.07. The summed E-state index contributed by atoms with van der Waals surface area (Å²) in [4.78, 5) is 0. The van der Waals surface area contributed by atoms with Gasteiger partial charge in [-0.3, -0.25) is 0 Å². The van der Waals surface area contributed by atoms with E-state index in [-0.39, 0.29) is 6.10 Å². The van der Waals surface area contributed by atoms with Crippen LogP contribution in [0.25, 0.3) is 0 Å². The van der Waals surface area contributed by atoms with Crippen molar-refractivity contribution in [2.75, 3.05) is 13.7 Å². The van der Waals surface area contributed by atoms with Crippen molar-refractivity contribution in [1.29, 1.82) is 0 Å². The Labute approximate surface area is 78.5 Å². The van der Waals surface area contributed by atoms with Gasteiger partial charge in [0.1, 0.15) is 11.9 Å². The van der Waals surface area contributed by atoms with E-state index < -0.39 is 0 Å². The highest BCUT2D eigenvalue weighted by Crippen LogP contribution is 2.29. The third-order valence-electron chi connectivity index (χ3n) is 2.31. The van der Waals surface area contributed by atoms with Crippen LogP contribution in [0.4, 0.5) is 0 Å². The zero-order chi connectivity index (χ0) is 9.26. The first-order valence-electron chi connectivity index (χ1n) is 4.54. The molecule has 1 aliphatic rings. The summed E-state index contributed by atoms with van der Waals surface area (Å²) in [6.45, 7) is 2.78. The molecule has 0 saturated heterocycles. The van der Waals surface area contributed by atoms with E-state index in [9.17, 15) is 0 Å². The van der Waals surface area contributed by atoms with Crippen LogP contribution in [0.15, 0.2) is 18.2 Å². The number of fused-ring (bicyclic) bond motifs is 1. The molecule has 0 amide bonds. The predicted octanol–water partition coefficient (Wildman–Crippen LogP) is 1.94. The average molecular weight is 178 g/mol. The molecule has 70 valence electrons. The van der Waals surface area contributed by atoms with Crippen molar-refractivity contribution in [3.8, 4) is 5.75 Å². The van der Waals surface area contributed by atoms with Gasteiger partial charge in [-0.15, -0.1) is 0 Å². The summed E-state index contributed by atoms with van der Waals surface area (Å²) in [6.07, 6.45) is 1.19. The van der Waals surface area contributed by atoms with E-state index in [4.69, 9.17) is 9.47 Å². The minimum atomic E-state index is 0.210. The topological polar surface area (TPSA) is 18.5 Å². The van der Waals surface area contributed by atoms with E-state index in [1.807, 2.05) is 6.07 Å². The highest BCUT2D eigenvalue weighted by molar-refractivity contribution is 5.40. The third kappa shape index (κ3) is 1.68. The fraction of sp³-hybridized carbons (Fsp3) is 0.455. The van der Waals surface area contributed by atoms with Crippen LogP contribution in [0.2, 0.25) is 0 Å². The number of hydrogen-bond donors (Lipinski definition) is 0. The molecule has 2 rings (SSSR count). The summed E-state index contributed by atoms with van der Waals surface area (Å²) in [6, 6.07) is 6.30. The summed E-state index contributed by atoms with van der Waals surface area (Å²) in [5, 5.41) is 0. The first-order valence-corrected chi connectivity index (χ1v) is 4.54. The SMILES string of the molecule is COCC1Cc2cc(C)ccc2O1. The molecule has 1 heterocycles. The van der Waals surface area contributed by atoms with Gasteiger partial charge in [-0.05, 0) is 18.6 Å². The molecule has 0 aromatic heterocycles. The van der Waals surface area contributed by atoms with Crippen LogP contribution in [0.5, 0.6) is 5.75 Å². The Morgan fingerprint density at radius 1 is 1.54 bits per heavy atom. The van der Waals surface area contributed by atoms with E-state index in [1.54, 1.807) is 7.11 Å². The van der Waals surface area contributed by atoms with Gasteiger partial charge < -0.3 is 9.47 Å². The Hall–Kier alpha value is -1.02. The lowest BCUT2D eigenvalue weighted by molar-refractivity contribution is 0.0951. The van der Waals surface area contributed by atoms with Gasteiger partial charge in [-0.2, -0.15) is 0 Å². The summed E-state index contributed by atoms with van der Waals surface area (Å²) in [5.41, 5.74) is 2.60. The highest BCUT2D eigenvalue weighted by atomic mass is 16.5. The van der Waals surface area contributed by atoms with E-state index in [0.717, 1.165) is 12.2 Å². The lowest BCUT2D eigenvalue weighted by atomic mass is 10.1. The van der Waals surface area contributed by atoms with Gasteiger partial charge in [0.2, 0.25) is 0 Å². The molecule has 0 saturated carbocycles. The van der Waals surface area contributed by atoms with Crippen LogP contribution >= 0.6 is 0 Å². The second kappa shape index (κ2) is 3.38. The van der Waals surface area contributed by atoms with Gasteiger partial charge in [-0.1, -0.05) is 17.7 Å². The Kier molecular flexibility index (Phi) is 2.23. The first kappa shape index (κ1) is 8.57. The molecule has 0 N–H and O–H groups in total. The average Bonchev–Trinajstić information content (AvgIpc) is 2.46. The molecule has 0 aliphatic carbocycles. The molecule has 0 bridgehead atoms. The van der Waals surface area contributed by atoms with Crippen molar-refractivity contribution in [2.45, 2.75) is 19.4 Å². The van der Waals surface area contributed by atoms with Gasteiger partial charge in [0.05, 0.1) is 6.61 Å². The van der Waals surface area contributed by atoms with E-state index in [1.165, 1.54) is 11.1 Å². The summed E-state index contributed by atoms with van der Waals surface area (Å²) in [5.74, 6) is 1.02. The maximum Gasteiger partial charge on any atom is 0.126 e. The minimum absolute atomic E-state index is 0.210. The Bertz CT molecular complexity index is 307. The largest absolute Gasteiger partial charge is 0.487 e. The summed E-state index contributed by atoms with van der Waals surface area (Å²) in [7, 11) is 1.71. The summed E-state index contributed by atoms with van der Waals surface area (Å²) >= 11 is 0. The Morgan fingerprint density at radius 2 is 2.38 bits per heavy atom. The number of hydrogen-bond acceptors (Lipinski definition) is 2. The Balaban J connectivity index is 2.16. The van der Waals surface area contributed by atoms with E-state index in [0.29, 0.717) is 6.61 Å². The van der Waals surface area contributed by atoms with Gasteiger partial charge in [0.15, 0.2) is 0 Å². The van der Waals surface area contributed by atoms with E-state index in [2.05, 4.69) is 19.1 Å².